The maximum atomic E-state index is 12.1. The van der Waals surface area contributed by atoms with Gasteiger partial charge >= 0.3 is 18.0 Å². The third-order valence-corrected chi connectivity index (χ3v) is 2.61. The Morgan fingerprint density at radius 1 is 1.30 bits per heavy atom. The van der Waals surface area contributed by atoms with Crippen LogP contribution < -0.4 is 5.32 Å². The number of rotatable bonds is 7. The van der Waals surface area contributed by atoms with E-state index in [-0.39, 0.29) is 19.4 Å². The van der Waals surface area contributed by atoms with E-state index in [1.807, 2.05) is 20.8 Å². The molecule has 20 heavy (non-hydrogen) atoms. The molecule has 0 saturated heterocycles. The lowest BCUT2D eigenvalue weighted by molar-refractivity contribution is -0.140. The molecule has 0 radical (unpaired) electrons. The molecule has 1 atom stereocenters. The molecule has 0 aromatic carbocycles. The van der Waals surface area contributed by atoms with Crippen molar-refractivity contribution in [2.45, 2.75) is 45.2 Å². The Balaban J connectivity index is 4.83. The van der Waals surface area contributed by atoms with Crippen LogP contribution in [-0.2, 0) is 9.59 Å². The predicted octanol–water partition coefficient (Wildman–Crippen LogP) is 1.30. The zero-order valence-electron chi connectivity index (χ0n) is 12.0. The highest BCUT2D eigenvalue weighted by atomic mass is 16.4. The first-order chi connectivity index (χ1) is 9.09. The molecular weight excluding hydrogens is 264 g/mol. The zero-order valence-corrected chi connectivity index (χ0v) is 12.0. The number of nitrogens with zero attached hydrogens (tertiary/aromatic N) is 1. The van der Waals surface area contributed by atoms with E-state index in [1.54, 1.807) is 0 Å². The summed E-state index contributed by atoms with van der Waals surface area (Å²) in [6, 6.07) is -1.79. The molecule has 2 amide bonds. The summed E-state index contributed by atoms with van der Waals surface area (Å²) in [4.78, 5) is 35.0. The second-order valence-electron chi connectivity index (χ2n) is 5.34. The monoisotopic (exact) mass is 286 g/mol. The molecule has 0 rings (SSSR count). The van der Waals surface area contributed by atoms with Crippen LogP contribution in [0.5, 0.6) is 0 Å². The van der Waals surface area contributed by atoms with Gasteiger partial charge in [-0.2, -0.15) is 0 Å². The lowest BCUT2D eigenvalue weighted by atomic mass is 10.1. The molecule has 7 heteroatoms. The number of nitrogens with one attached hydrogen (secondary N) is 1. The second kappa shape index (κ2) is 7.52. The molecule has 7 nitrogen and oxygen atoms in total. The van der Waals surface area contributed by atoms with Gasteiger partial charge in [-0.1, -0.05) is 6.08 Å². The van der Waals surface area contributed by atoms with Gasteiger partial charge in [0.25, 0.3) is 0 Å². The maximum absolute atomic E-state index is 12.1. The molecule has 0 saturated carbocycles. The largest absolute Gasteiger partial charge is 0.481 e. The lowest BCUT2D eigenvalue weighted by Gasteiger charge is -2.35. The van der Waals surface area contributed by atoms with Crippen molar-refractivity contribution in [1.82, 2.24) is 10.2 Å². The summed E-state index contributed by atoms with van der Waals surface area (Å²) >= 11 is 0. The minimum atomic E-state index is -1.26. The van der Waals surface area contributed by atoms with Gasteiger partial charge in [-0.25, -0.2) is 9.59 Å². The number of aliphatic carboxylic acids is 2. The third-order valence-electron chi connectivity index (χ3n) is 2.61. The third kappa shape index (κ3) is 6.21. The second-order valence-corrected chi connectivity index (χ2v) is 5.34. The highest BCUT2D eigenvalue weighted by Gasteiger charge is 2.29. The van der Waals surface area contributed by atoms with Crippen molar-refractivity contribution in [2.24, 2.45) is 0 Å². The number of carboxylic acid groups (broad SMARTS) is 2. The Morgan fingerprint density at radius 2 is 1.85 bits per heavy atom. The van der Waals surface area contributed by atoms with Crippen LogP contribution in [0.2, 0.25) is 0 Å². The first kappa shape index (κ1) is 17.9. The van der Waals surface area contributed by atoms with Crippen molar-refractivity contribution in [1.29, 1.82) is 0 Å². The standard InChI is InChI=1S/C13H22N2O5/c1-5-8-15(13(2,3)4)12(20)14-9(11(18)19)6-7-10(16)17/h5,9H,1,6-8H2,2-4H3,(H,14,20)(H,16,17)(H,18,19). The number of carbonyl (C=O) groups excluding carboxylic acids is 1. The van der Waals surface area contributed by atoms with Gasteiger partial charge in [0, 0.05) is 18.5 Å². The molecule has 0 aliphatic carbocycles. The fraction of sp³-hybridized carbons (Fsp3) is 0.615. The van der Waals surface area contributed by atoms with E-state index in [4.69, 9.17) is 10.2 Å². The van der Waals surface area contributed by atoms with Crippen molar-refractivity contribution in [3.05, 3.63) is 12.7 Å². The highest BCUT2D eigenvalue weighted by Crippen LogP contribution is 2.13. The van der Waals surface area contributed by atoms with Gasteiger partial charge in [0.05, 0.1) is 0 Å². The average molecular weight is 286 g/mol. The number of urea groups is 1. The molecule has 0 bridgehead atoms. The number of hydrogen-bond acceptors (Lipinski definition) is 3. The lowest BCUT2D eigenvalue weighted by Crippen LogP contribution is -2.54. The van der Waals surface area contributed by atoms with Crippen LogP contribution in [-0.4, -0.2) is 51.2 Å². The zero-order chi connectivity index (χ0) is 15.9. The van der Waals surface area contributed by atoms with Crippen LogP contribution in [0.25, 0.3) is 0 Å². The van der Waals surface area contributed by atoms with Crippen LogP contribution in [0, 0.1) is 0 Å². The Hall–Kier alpha value is -2.05. The SMILES string of the molecule is C=CCN(C(=O)NC(CCC(=O)O)C(=O)O)C(C)(C)C. The summed E-state index contributed by atoms with van der Waals surface area (Å²) in [5.41, 5.74) is -0.506. The molecule has 0 aromatic heterocycles. The Bertz CT molecular complexity index is 387. The molecule has 3 N–H and O–H groups in total. The van der Waals surface area contributed by atoms with Crippen molar-refractivity contribution >= 4 is 18.0 Å². The fourth-order valence-corrected chi connectivity index (χ4v) is 1.54. The van der Waals surface area contributed by atoms with E-state index in [1.165, 1.54) is 11.0 Å². The molecule has 114 valence electrons. The first-order valence-corrected chi connectivity index (χ1v) is 6.23. The van der Waals surface area contributed by atoms with E-state index in [2.05, 4.69) is 11.9 Å². The molecular formula is C13H22N2O5. The normalized spacial score (nSPS) is 12.3. The minimum Gasteiger partial charge on any atom is -0.481 e. The fourth-order valence-electron chi connectivity index (χ4n) is 1.54. The summed E-state index contributed by atoms with van der Waals surface area (Å²) in [6.07, 6.45) is 1.05. The van der Waals surface area contributed by atoms with Crippen molar-refractivity contribution in [3.8, 4) is 0 Å². The number of carboxylic acids is 2. The van der Waals surface area contributed by atoms with Gasteiger partial charge in [-0.3, -0.25) is 4.79 Å². The van der Waals surface area contributed by atoms with Crippen LogP contribution in [0.1, 0.15) is 33.6 Å². The Labute approximate surface area is 118 Å². The summed E-state index contributed by atoms with van der Waals surface area (Å²) in [5, 5.41) is 19.9. The maximum Gasteiger partial charge on any atom is 0.326 e. The number of amides is 2. The highest BCUT2D eigenvalue weighted by molar-refractivity contribution is 5.83. The van der Waals surface area contributed by atoms with Crippen LogP contribution in [0.15, 0.2) is 12.7 Å². The van der Waals surface area contributed by atoms with Crippen LogP contribution in [0.3, 0.4) is 0 Å². The Morgan fingerprint density at radius 3 is 2.20 bits per heavy atom. The van der Waals surface area contributed by atoms with Crippen LogP contribution in [0.4, 0.5) is 4.79 Å². The van der Waals surface area contributed by atoms with Gasteiger partial charge in [-0.15, -0.1) is 6.58 Å². The summed E-state index contributed by atoms with van der Waals surface area (Å²) < 4.78 is 0. The summed E-state index contributed by atoms with van der Waals surface area (Å²) in [6.45, 7) is 9.24. The van der Waals surface area contributed by atoms with Gasteiger partial charge in [0.1, 0.15) is 6.04 Å². The van der Waals surface area contributed by atoms with Crippen molar-refractivity contribution < 1.29 is 24.6 Å². The van der Waals surface area contributed by atoms with Crippen molar-refractivity contribution in [3.63, 3.8) is 0 Å². The summed E-state index contributed by atoms with van der Waals surface area (Å²) in [5.74, 6) is -2.36. The van der Waals surface area contributed by atoms with Gasteiger partial charge in [-0.05, 0) is 27.2 Å². The van der Waals surface area contributed by atoms with Crippen molar-refractivity contribution in [2.75, 3.05) is 6.54 Å². The number of carbonyl (C=O) groups is 3. The van der Waals surface area contributed by atoms with Crippen LogP contribution >= 0.6 is 0 Å². The van der Waals surface area contributed by atoms with E-state index in [0.717, 1.165) is 0 Å². The topological polar surface area (TPSA) is 107 Å². The van der Waals surface area contributed by atoms with E-state index >= 15 is 0 Å². The minimum absolute atomic E-state index is 0.164. The smallest absolute Gasteiger partial charge is 0.326 e. The average Bonchev–Trinajstić information content (AvgIpc) is 2.28. The summed E-state index contributed by atoms with van der Waals surface area (Å²) in [7, 11) is 0. The van der Waals surface area contributed by atoms with Gasteiger partial charge in [0.2, 0.25) is 0 Å². The molecule has 0 aliphatic rings. The van der Waals surface area contributed by atoms with E-state index in [0.29, 0.717) is 0 Å². The molecule has 0 spiro atoms. The van der Waals surface area contributed by atoms with Gasteiger partial charge in [0.15, 0.2) is 0 Å². The van der Waals surface area contributed by atoms with E-state index < -0.39 is 29.6 Å². The quantitative estimate of drug-likeness (QED) is 0.611. The molecule has 0 heterocycles. The molecule has 1 unspecified atom stereocenters. The predicted molar refractivity (Wildman–Crippen MR) is 73.5 cm³/mol. The number of hydrogen-bond donors (Lipinski definition) is 3. The van der Waals surface area contributed by atoms with E-state index in [9.17, 15) is 14.4 Å². The Kier molecular flexibility index (Phi) is 6.75. The first-order valence-electron chi connectivity index (χ1n) is 6.23. The molecule has 0 aromatic rings. The molecule has 0 fully saturated rings. The van der Waals surface area contributed by atoms with Gasteiger partial charge < -0.3 is 20.4 Å². The molecule has 0 aliphatic heterocycles.